The highest BCUT2D eigenvalue weighted by Crippen LogP contribution is 2.25. The second-order valence-corrected chi connectivity index (χ2v) is 7.24. The number of carbonyl (C=O) groups is 3. The van der Waals surface area contributed by atoms with Crippen LogP contribution >= 0.6 is 23.1 Å². The van der Waals surface area contributed by atoms with Crippen molar-refractivity contribution in [3.05, 3.63) is 0 Å². The van der Waals surface area contributed by atoms with E-state index in [1.165, 1.54) is 11.3 Å². The van der Waals surface area contributed by atoms with Crippen LogP contribution in [-0.4, -0.2) is 39.8 Å². The first-order valence-corrected chi connectivity index (χ1v) is 8.67. The van der Waals surface area contributed by atoms with Gasteiger partial charge in [0.15, 0.2) is 4.34 Å². The SMILES string of the molecule is CCSc1nnc(NC(=O)CCC2C(=O)NC(=O)NC2C)s1. The van der Waals surface area contributed by atoms with Gasteiger partial charge in [0.25, 0.3) is 0 Å². The molecular formula is C12H17N5O3S2. The lowest BCUT2D eigenvalue weighted by Gasteiger charge is -2.28. The van der Waals surface area contributed by atoms with E-state index in [1.807, 2.05) is 6.92 Å². The lowest BCUT2D eigenvalue weighted by Crippen LogP contribution is -2.57. The van der Waals surface area contributed by atoms with Gasteiger partial charge in [0.05, 0.1) is 5.92 Å². The van der Waals surface area contributed by atoms with E-state index in [1.54, 1.807) is 18.7 Å². The summed E-state index contributed by atoms with van der Waals surface area (Å²) in [5.41, 5.74) is 0. The van der Waals surface area contributed by atoms with Crippen LogP contribution in [0.5, 0.6) is 0 Å². The van der Waals surface area contributed by atoms with Crippen molar-refractivity contribution in [1.29, 1.82) is 0 Å². The van der Waals surface area contributed by atoms with Gasteiger partial charge in [0.2, 0.25) is 16.9 Å². The Balaban J connectivity index is 1.81. The first kappa shape index (κ1) is 16.7. The van der Waals surface area contributed by atoms with E-state index in [0.29, 0.717) is 11.6 Å². The second kappa shape index (κ2) is 7.54. The minimum absolute atomic E-state index is 0.175. The van der Waals surface area contributed by atoms with Gasteiger partial charge in [-0.2, -0.15) is 0 Å². The zero-order chi connectivity index (χ0) is 16.1. The third-order valence-electron chi connectivity index (χ3n) is 3.14. The second-order valence-electron chi connectivity index (χ2n) is 4.75. The van der Waals surface area contributed by atoms with Crippen molar-refractivity contribution in [1.82, 2.24) is 20.8 Å². The van der Waals surface area contributed by atoms with Gasteiger partial charge in [-0.25, -0.2) is 4.79 Å². The van der Waals surface area contributed by atoms with Crippen LogP contribution in [0.2, 0.25) is 0 Å². The molecule has 10 heteroatoms. The Labute approximate surface area is 135 Å². The van der Waals surface area contributed by atoms with Crippen molar-refractivity contribution in [2.24, 2.45) is 5.92 Å². The Hall–Kier alpha value is -1.68. The largest absolute Gasteiger partial charge is 0.335 e. The maximum Gasteiger partial charge on any atom is 0.321 e. The topological polar surface area (TPSA) is 113 Å². The summed E-state index contributed by atoms with van der Waals surface area (Å²) in [5.74, 6) is -0.0880. The molecule has 1 aromatic heterocycles. The van der Waals surface area contributed by atoms with Gasteiger partial charge in [-0.05, 0) is 19.1 Å². The molecule has 0 aliphatic carbocycles. The maximum absolute atomic E-state index is 11.9. The number of imide groups is 1. The lowest BCUT2D eigenvalue weighted by atomic mass is 9.93. The van der Waals surface area contributed by atoms with E-state index in [9.17, 15) is 14.4 Å². The predicted octanol–water partition coefficient (Wildman–Crippen LogP) is 1.21. The number of hydrogen-bond acceptors (Lipinski definition) is 7. The molecule has 1 fully saturated rings. The number of thioether (sulfide) groups is 1. The fraction of sp³-hybridized carbons (Fsp3) is 0.583. The number of aromatic nitrogens is 2. The molecule has 0 aromatic carbocycles. The third kappa shape index (κ3) is 4.41. The number of carbonyl (C=O) groups excluding carboxylic acids is 3. The molecule has 1 saturated heterocycles. The lowest BCUT2D eigenvalue weighted by molar-refractivity contribution is -0.126. The van der Waals surface area contributed by atoms with Crippen LogP contribution in [-0.2, 0) is 9.59 Å². The fourth-order valence-corrected chi connectivity index (χ4v) is 3.73. The minimum atomic E-state index is -0.493. The summed E-state index contributed by atoms with van der Waals surface area (Å²) < 4.78 is 0.806. The normalized spacial score (nSPS) is 21.2. The van der Waals surface area contributed by atoms with Gasteiger partial charge in [0, 0.05) is 12.5 Å². The van der Waals surface area contributed by atoms with Gasteiger partial charge in [-0.3, -0.25) is 14.9 Å². The van der Waals surface area contributed by atoms with Crippen LogP contribution in [0.15, 0.2) is 4.34 Å². The number of nitrogens with one attached hydrogen (secondary N) is 3. The summed E-state index contributed by atoms with van der Waals surface area (Å²) in [6.07, 6.45) is 0.530. The van der Waals surface area contributed by atoms with Crippen molar-refractivity contribution >= 4 is 46.1 Å². The van der Waals surface area contributed by atoms with Crippen molar-refractivity contribution in [2.75, 3.05) is 11.1 Å². The number of amides is 4. The molecule has 0 saturated carbocycles. The Morgan fingerprint density at radius 2 is 2.18 bits per heavy atom. The summed E-state index contributed by atoms with van der Waals surface area (Å²) in [7, 11) is 0. The van der Waals surface area contributed by atoms with Crippen LogP contribution in [0, 0.1) is 5.92 Å². The molecule has 4 amide bonds. The van der Waals surface area contributed by atoms with E-state index < -0.39 is 11.9 Å². The quantitative estimate of drug-likeness (QED) is 0.528. The van der Waals surface area contributed by atoms with E-state index >= 15 is 0 Å². The Morgan fingerprint density at radius 3 is 2.86 bits per heavy atom. The molecule has 22 heavy (non-hydrogen) atoms. The van der Waals surface area contributed by atoms with Gasteiger partial charge in [-0.1, -0.05) is 30.0 Å². The maximum atomic E-state index is 11.9. The van der Waals surface area contributed by atoms with Crippen molar-refractivity contribution in [3.8, 4) is 0 Å². The molecule has 2 rings (SSSR count). The zero-order valence-corrected chi connectivity index (χ0v) is 13.8. The average molecular weight is 343 g/mol. The summed E-state index contributed by atoms with van der Waals surface area (Å²) in [6.45, 7) is 3.76. The molecule has 2 unspecified atom stereocenters. The van der Waals surface area contributed by atoms with Gasteiger partial charge < -0.3 is 10.6 Å². The molecule has 120 valence electrons. The molecule has 1 aliphatic heterocycles. The standard InChI is InChI=1S/C12H17N5O3S2/c1-3-21-12-17-16-11(22-12)14-8(18)5-4-7-6(2)13-10(20)15-9(7)19/h6-7H,3-5H2,1-2H3,(H,14,16,18)(H2,13,15,19,20). The Kier molecular flexibility index (Phi) is 5.72. The third-order valence-corrected chi connectivity index (χ3v) is 4.99. The van der Waals surface area contributed by atoms with E-state index in [0.717, 1.165) is 10.1 Å². The van der Waals surface area contributed by atoms with Crippen molar-refractivity contribution in [2.45, 2.75) is 37.1 Å². The number of hydrogen-bond donors (Lipinski definition) is 3. The minimum Gasteiger partial charge on any atom is -0.335 e. The smallest absolute Gasteiger partial charge is 0.321 e. The first-order chi connectivity index (χ1) is 10.5. The molecule has 1 aliphatic rings. The molecular weight excluding hydrogens is 326 g/mol. The molecule has 2 heterocycles. The highest BCUT2D eigenvalue weighted by Gasteiger charge is 2.32. The molecule has 0 spiro atoms. The highest BCUT2D eigenvalue weighted by molar-refractivity contribution is 8.01. The highest BCUT2D eigenvalue weighted by atomic mass is 32.2. The summed E-state index contributed by atoms with van der Waals surface area (Å²) in [6, 6.07) is -0.781. The average Bonchev–Trinajstić information content (AvgIpc) is 2.85. The molecule has 2 atom stereocenters. The number of anilines is 1. The van der Waals surface area contributed by atoms with Crippen molar-refractivity contribution < 1.29 is 14.4 Å². The monoisotopic (exact) mass is 343 g/mol. The number of nitrogens with zero attached hydrogens (tertiary/aromatic N) is 2. The number of urea groups is 1. The fourth-order valence-electron chi connectivity index (χ4n) is 2.07. The van der Waals surface area contributed by atoms with Crippen LogP contribution in [0.25, 0.3) is 0 Å². The molecule has 0 bridgehead atoms. The Bertz CT molecular complexity index is 577. The van der Waals surface area contributed by atoms with Gasteiger partial charge >= 0.3 is 6.03 Å². The summed E-state index contributed by atoms with van der Waals surface area (Å²) in [4.78, 5) is 34.8. The van der Waals surface area contributed by atoms with E-state index in [4.69, 9.17) is 0 Å². The van der Waals surface area contributed by atoms with Crippen LogP contribution in [0.3, 0.4) is 0 Å². The Morgan fingerprint density at radius 1 is 1.41 bits per heavy atom. The van der Waals surface area contributed by atoms with Crippen LogP contribution < -0.4 is 16.0 Å². The van der Waals surface area contributed by atoms with Gasteiger partial charge in [-0.15, -0.1) is 10.2 Å². The summed E-state index contributed by atoms with van der Waals surface area (Å²) >= 11 is 2.88. The summed E-state index contributed by atoms with van der Waals surface area (Å²) in [5, 5.41) is 15.8. The van der Waals surface area contributed by atoms with E-state index in [-0.39, 0.29) is 24.3 Å². The molecule has 1 aromatic rings. The number of rotatable bonds is 6. The van der Waals surface area contributed by atoms with Crippen LogP contribution in [0.1, 0.15) is 26.7 Å². The zero-order valence-electron chi connectivity index (χ0n) is 12.2. The van der Waals surface area contributed by atoms with E-state index in [2.05, 4.69) is 26.1 Å². The first-order valence-electron chi connectivity index (χ1n) is 6.87. The molecule has 8 nitrogen and oxygen atoms in total. The van der Waals surface area contributed by atoms with Gasteiger partial charge in [0.1, 0.15) is 0 Å². The van der Waals surface area contributed by atoms with Crippen molar-refractivity contribution in [3.63, 3.8) is 0 Å². The molecule has 3 N–H and O–H groups in total. The van der Waals surface area contributed by atoms with Crippen LogP contribution in [0.4, 0.5) is 9.93 Å². The predicted molar refractivity (Wildman–Crippen MR) is 83.8 cm³/mol. The molecule has 0 radical (unpaired) electrons.